The van der Waals surface area contributed by atoms with Gasteiger partial charge in [0.2, 0.25) is 5.91 Å². The zero-order valence-corrected chi connectivity index (χ0v) is 14.1. The van der Waals surface area contributed by atoms with Gasteiger partial charge in [-0.05, 0) is 44.9 Å². The summed E-state index contributed by atoms with van der Waals surface area (Å²) in [6.07, 6.45) is 0.819. The van der Waals surface area contributed by atoms with Gasteiger partial charge in [0.15, 0.2) is 0 Å². The fraction of sp³-hybridized carbons (Fsp3) is 0.588. The number of carbonyl (C=O) groups excluding carboxylic acids is 1. The maximum Gasteiger partial charge on any atom is 0.240 e. The quantitative estimate of drug-likeness (QED) is 0.908. The van der Waals surface area contributed by atoms with Crippen molar-refractivity contribution in [2.24, 2.45) is 0 Å². The zero-order chi connectivity index (χ0) is 16.4. The Morgan fingerprint density at radius 2 is 2.00 bits per heavy atom. The molecule has 2 rings (SSSR count). The molecule has 1 aliphatic heterocycles. The number of benzene rings is 1. The third-order valence-electron chi connectivity index (χ3n) is 4.26. The summed E-state index contributed by atoms with van der Waals surface area (Å²) in [6, 6.07) is 4.86. The van der Waals surface area contributed by atoms with Gasteiger partial charge in [-0.25, -0.2) is 4.39 Å². The first kappa shape index (κ1) is 16.7. The molecule has 1 amide bonds. The number of likely N-dealkylation sites (tertiary alicyclic amines) is 1. The van der Waals surface area contributed by atoms with Crippen LogP contribution in [-0.4, -0.2) is 43.5 Å². The predicted octanol–water partition coefficient (Wildman–Crippen LogP) is 2.55. The average Bonchev–Trinajstić information content (AvgIpc) is 2.80. The molecule has 0 radical (unpaired) electrons. The van der Waals surface area contributed by atoms with Gasteiger partial charge < -0.3 is 9.80 Å². The van der Waals surface area contributed by atoms with Gasteiger partial charge >= 0.3 is 0 Å². The lowest BCUT2D eigenvalue weighted by atomic mass is 10.0. The Morgan fingerprint density at radius 1 is 1.32 bits per heavy atom. The average molecular weight is 307 g/mol. The number of carbonyl (C=O) groups is 1. The number of rotatable bonds is 5. The van der Waals surface area contributed by atoms with Gasteiger partial charge in [-0.15, -0.1) is 0 Å². The van der Waals surface area contributed by atoms with Crippen LogP contribution in [0.3, 0.4) is 0 Å². The van der Waals surface area contributed by atoms with E-state index in [4.69, 9.17) is 0 Å². The van der Waals surface area contributed by atoms with Crippen LogP contribution in [0.5, 0.6) is 0 Å². The molecule has 122 valence electrons. The molecule has 0 spiro atoms. The number of nitrogens with one attached hydrogen (secondary N) is 1. The summed E-state index contributed by atoms with van der Waals surface area (Å²) in [7, 11) is 3.79. The molecule has 5 heteroatoms. The van der Waals surface area contributed by atoms with Crippen molar-refractivity contribution < 1.29 is 9.18 Å². The molecular formula is C17H26FN3O. The van der Waals surface area contributed by atoms with Crippen LogP contribution >= 0.6 is 0 Å². The van der Waals surface area contributed by atoms with E-state index >= 15 is 0 Å². The molecule has 0 unspecified atom stereocenters. The van der Waals surface area contributed by atoms with Crippen molar-refractivity contribution in [1.82, 2.24) is 10.2 Å². The van der Waals surface area contributed by atoms with Gasteiger partial charge in [0, 0.05) is 38.4 Å². The van der Waals surface area contributed by atoms with E-state index in [0.29, 0.717) is 0 Å². The van der Waals surface area contributed by atoms with Gasteiger partial charge in [-0.1, -0.05) is 6.07 Å². The standard InChI is InChI=1S/C17H26FN3O/c1-11(2)21-9-8-15(17(21)22)19-12(3)14-7-6-13(18)10-16(14)20(4)5/h6-7,10-12,15,19H,8-9H2,1-5H3/t12-,15-/m0/s1. The molecular weight excluding hydrogens is 281 g/mol. The maximum atomic E-state index is 13.5. The monoisotopic (exact) mass is 307 g/mol. The Kier molecular flexibility index (Phi) is 5.06. The number of halogens is 1. The highest BCUT2D eigenvalue weighted by Gasteiger charge is 2.34. The molecule has 0 bridgehead atoms. The molecule has 0 saturated carbocycles. The van der Waals surface area contributed by atoms with Crippen LogP contribution in [0, 0.1) is 5.82 Å². The summed E-state index contributed by atoms with van der Waals surface area (Å²) < 4.78 is 13.5. The fourth-order valence-electron chi connectivity index (χ4n) is 3.03. The second-order valence-corrected chi connectivity index (χ2v) is 6.45. The van der Waals surface area contributed by atoms with Crippen LogP contribution in [0.25, 0.3) is 0 Å². The minimum Gasteiger partial charge on any atom is -0.377 e. The fourth-order valence-corrected chi connectivity index (χ4v) is 3.03. The van der Waals surface area contributed by atoms with E-state index in [9.17, 15) is 9.18 Å². The molecule has 1 aliphatic rings. The summed E-state index contributed by atoms with van der Waals surface area (Å²) in [5, 5.41) is 3.40. The molecule has 1 aromatic carbocycles. The van der Waals surface area contributed by atoms with Gasteiger partial charge in [-0.2, -0.15) is 0 Å². The molecule has 1 N–H and O–H groups in total. The second kappa shape index (κ2) is 6.65. The van der Waals surface area contributed by atoms with Gasteiger partial charge in [0.05, 0.1) is 6.04 Å². The van der Waals surface area contributed by atoms with E-state index in [1.807, 2.05) is 44.7 Å². The highest BCUT2D eigenvalue weighted by atomic mass is 19.1. The normalized spacial score (nSPS) is 19.9. The second-order valence-electron chi connectivity index (χ2n) is 6.45. The van der Waals surface area contributed by atoms with Gasteiger partial charge in [0.1, 0.15) is 5.82 Å². The van der Waals surface area contributed by atoms with E-state index in [0.717, 1.165) is 24.2 Å². The smallest absolute Gasteiger partial charge is 0.240 e. The number of amides is 1. The van der Waals surface area contributed by atoms with Crippen molar-refractivity contribution >= 4 is 11.6 Å². The summed E-state index contributed by atoms with van der Waals surface area (Å²) in [5.74, 6) is -0.0852. The van der Waals surface area contributed by atoms with E-state index < -0.39 is 0 Å². The first-order chi connectivity index (χ1) is 10.3. The SMILES string of the molecule is CC(C)N1CC[C@H](N[C@@H](C)c2ccc(F)cc2N(C)C)C1=O. The van der Waals surface area contributed by atoms with Crippen molar-refractivity contribution in [3.8, 4) is 0 Å². The Labute approximate surface area is 132 Å². The molecule has 22 heavy (non-hydrogen) atoms. The first-order valence-corrected chi connectivity index (χ1v) is 7.84. The summed E-state index contributed by atoms with van der Waals surface area (Å²) in [4.78, 5) is 16.2. The van der Waals surface area contributed by atoms with E-state index in [1.54, 1.807) is 6.07 Å². The number of hydrogen-bond donors (Lipinski definition) is 1. The Bertz CT molecular complexity index is 545. The number of anilines is 1. The third kappa shape index (κ3) is 3.40. The maximum absolute atomic E-state index is 13.5. The minimum atomic E-state index is -0.248. The van der Waals surface area contributed by atoms with Crippen molar-refractivity contribution in [3.63, 3.8) is 0 Å². The van der Waals surface area contributed by atoms with Crippen molar-refractivity contribution in [2.75, 3.05) is 25.5 Å². The Balaban J connectivity index is 2.13. The van der Waals surface area contributed by atoms with E-state index in [1.165, 1.54) is 12.1 Å². The molecule has 1 fully saturated rings. The topological polar surface area (TPSA) is 35.6 Å². The lowest BCUT2D eigenvalue weighted by Crippen LogP contribution is -2.41. The third-order valence-corrected chi connectivity index (χ3v) is 4.26. The van der Waals surface area contributed by atoms with Crippen LogP contribution < -0.4 is 10.2 Å². The Morgan fingerprint density at radius 3 is 2.55 bits per heavy atom. The molecule has 0 aliphatic carbocycles. The molecule has 1 heterocycles. The predicted molar refractivity (Wildman–Crippen MR) is 87.5 cm³/mol. The van der Waals surface area contributed by atoms with E-state index in [-0.39, 0.29) is 29.8 Å². The molecule has 1 aromatic rings. The molecule has 2 atom stereocenters. The summed E-state index contributed by atoms with van der Waals surface area (Å²) in [5.41, 5.74) is 1.84. The van der Waals surface area contributed by atoms with Crippen LogP contribution in [0.1, 0.15) is 38.8 Å². The van der Waals surface area contributed by atoms with Crippen molar-refractivity contribution in [2.45, 2.75) is 45.3 Å². The highest BCUT2D eigenvalue weighted by molar-refractivity contribution is 5.84. The molecule has 0 aromatic heterocycles. The minimum absolute atomic E-state index is 0.0148. The van der Waals surface area contributed by atoms with Crippen LogP contribution in [0.15, 0.2) is 18.2 Å². The lowest BCUT2D eigenvalue weighted by molar-refractivity contribution is -0.130. The van der Waals surface area contributed by atoms with E-state index in [2.05, 4.69) is 5.32 Å². The largest absolute Gasteiger partial charge is 0.377 e. The van der Waals surface area contributed by atoms with Crippen LogP contribution in [0.4, 0.5) is 10.1 Å². The Hall–Kier alpha value is -1.62. The first-order valence-electron chi connectivity index (χ1n) is 7.84. The molecule has 1 saturated heterocycles. The van der Waals surface area contributed by atoms with Crippen LogP contribution in [0.2, 0.25) is 0 Å². The van der Waals surface area contributed by atoms with Gasteiger partial charge in [-0.3, -0.25) is 10.1 Å². The summed E-state index contributed by atoms with van der Waals surface area (Å²) >= 11 is 0. The highest BCUT2D eigenvalue weighted by Crippen LogP contribution is 2.27. The van der Waals surface area contributed by atoms with Crippen molar-refractivity contribution in [1.29, 1.82) is 0 Å². The number of nitrogens with zero attached hydrogens (tertiary/aromatic N) is 2. The number of hydrogen-bond acceptors (Lipinski definition) is 3. The van der Waals surface area contributed by atoms with Gasteiger partial charge in [0.25, 0.3) is 0 Å². The zero-order valence-electron chi connectivity index (χ0n) is 14.1. The summed E-state index contributed by atoms with van der Waals surface area (Å²) in [6.45, 7) is 6.89. The molecule has 4 nitrogen and oxygen atoms in total. The lowest BCUT2D eigenvalue weighted by Gasteiger charge is -2.25. The van der Waals surface area contributed by atoms with Crippen LogP contribution in [-0.2, 0) is 4.79 Å². The van der Waals surface area contributed by atoms with Crippen molar-refractivity contribution in [3.05, 3.63) is 29.6 Å².